The number of morpholine rings is 1. The molecular weight excluding hydrogens is 425 g/mol. The molecule has 1 aliphatic heterocycles. The van der Waals surface area contributed by atoms with Crippen LogP contribution in [0, 0.1) is 0 Å². The molecule has 3 rings (SSSR count). The quantitative estimate of drug-likeness (QED) is 0.533. The van der Waals surface area contributed by atoms with Gasteiger partial charge in [-0.15, -0.1) is 0 Å². The maximum absolute atomic E-state index is 13.0. The van der Waals surface area contributed by atoms with Gasteiger partial charge < -0.3 is 14.4 Å². The first-order valence-corrected chi connectivity index (χ1v) is 10.8. The summed E-state index contributed by atoms with van der Waals surface area (Å²) in [5, 5.41) is 1.20. The first-order chi connectivity index (χ1) is 14.5. The topological polar surface area (TPSA) is 55.8 Å². The van der Waals surface area contributed by atoms with Gasteiger partial charge in [-0.05, 0) is 48.7 Å². The zero-order valence-electron chi connectivity index (χ0n) is 17.0. The molecule has 0 unspecified atom stereocenters. The average molecular weight is 450 g/mol. The fourth-order valence-electron chi connectivity index (χ4n) is 3.80. The van der Waals surface area contributed by atoms with E-state index in [4.69, 9.17) is 32.7 Å². The van der Waals surface area contributed by atoms with E-state index in [-0.39, 0.29) is 19.1 Å². The van der Waals surface area contributed by atoms with Gasteiger partial charge in [-0.25, -0.2) is 4.79 Å². The summed E-state index contributed by atoms with van der Waals surface area (Å²) in [5.41, 5.74) is 1.70. The largest absolute Gasteiger partial charge is 0.464 e. The normalized spacial score (nSPS) is 20.1. The van der Waals surface area contributed by atoms with Crippen LogP contribution in [0.4, 0.5) is 0 Å². The van der Waals surface area contributed by atoms with Gasteiger partial charge in [0.05, 0.1) is 12.6 Å². The lowest BCUT2D eigenvalue weighted by atomic mass is 9.90. The minimum atomic E-state index is -0.693. The van der Waals surface area contributed by atoms with Crippen molar-refractivity contribution in [1.29, 1.82) is 0 Å². The molecule has 1 saturated heterocycles. The van der Waals surface area contributed by atoms with E-state index in [1.165, 1.54) is 0 Å². The van der Waals surface area contributed by atoms with E-state index in [9.17, 15) is 9.59 Å². The molecule has 0 aromatic heterocycles. The molecule has 1 heterocycles. The van der Waals surface area contributed by atoms with Crippen molar-refractivity contribution >= 4 is 35.1 Å². The summed E-state index contributed by atoms with van der Waals surface area (Å²) in [6.45, 7) is 3.88. The van der Waals surface area contributed by atoms with Crippen molar-refractivity contribution in [2.75, 3.05) is 13.2 Å². The van der Waals surface area contributed by atoms with E-state index in [0.29, 0.717) is 16.5 Å². The smallest absolute Gasteiger partial charge is 0.328 e. The summed E-state index contributed by atoms with van der Waals surface area (Å²) >= 11 is 12.1. The van der Waals surface area contributed by atoms with Crippen LogP contribution in [-0.4, -0.2) is 36.0 Å². The lowest BCUT2D eigenvalue weighted by Gasteiger charge is -2.44. The molecule has 0 aliphatic carbocycles. The number of benzene rings is 2. The number of hydrogen-bond acceptors (Lipinski definition) is 4. The molecule has 1 aliphatic rings. The van der Waals surface area contributed by atoms with E-state index < -0.39 is 24.2 Å². The highest BCUT2D eigenvalue weighted by atomic mass is 35.5. The Balaban J connectivity index is 2.10. The summed E-state index contributed by atoms with van der Waals surface area (Å²) in [6, 6.07) is 13.4. The lowest BCUT2D eigenvalue weighted by molar-refractivity contribution is -0.174. The summed E-state index contributed by atoms with van der Waals surface area (Å²) in [5.74, 6) is -0.643. The van der Waals surface area contributed by atoms with E-state index >= 15 is 0 Å². The molecule has 0 bridgehead atoms. The summed E-state index contributed by atoms with van der Waals surface area (Å²) in [6.07, 6.45) is 0.768. The Morgan fingerprint density at radius 3 is 2.17 bits per heavy atom. The molecule has 3 atom stereocenters. The first-order valence-electron chi connectivity index (χ1n) is 10.1. The van der Waals surface area contributed by atoms with Gasteiger partial charge in [0.1, 0.15) is 18.8 Å². The zero-order chi connectivity index (χ0) is 21.7. The van der Waals surface area contributed by atoms with E-state index in [1.807, 2.05) is 31.2 Å². The van der Waals surface area contributed by atoms with E-state index in [0.717, 1.165) is 17.5 Å². The van der Waals surface area contributed by atoms with Gasteiger partial charge >= 0.3 is 5.97 Å². The van der Waals surface area contributed by atoms with Gasteiger partial charge in [-0.2, -0.15) is 0 Å². The van der Waals surface area contributed by atoms with Gasteiger partial charge in [0.15, 0.2) is 0 Å². The van der Waals surface area contributed by atoms with Crippen molar-refractivity contribution < 1.29 is 19.1 Å². The molecule has 5 nitrogen and oxygen atoms in total. The minimum absolute atomic E-state index is 0.114. The fourth-order valence-corrected chi connectivity index (χ4v) is 4.06. The molecule has 0 N–H and O–H groups in total. The third kappa shape index (κ3) is 4.97. The monoisotopic (exact) mass is 449 g/mol. The Kier molecular flexibility index (Phi) is 7.75. The number of carbonyl (C=O) groups is 2. The molecular formula is C23H25Cl2NO4. The number of carbonyl (C=O) groups excluding carboxylic acids is 2. The van der Waals surface area contributed by atoms with Crippen LogP contribution >= 0.6 is 23.2 Å². The third-order valence-corrected chi connectivity index (χ3v) is 5.63. The molecule has 30 heavy (non-hydrogen) atoms. The number of hydrogen-bond donors (Lipinski definition) is 0. The van der Waals surface area contributed by atoms with Gasteiger partial charge in [0.25, 0.3) is 0 Å². The predicted molar refractivity (Wildman–Crippen MR) is 117 cm³/mol. The Bertz CT molecular complexity index is 870. The first kappa shape index (κ1) is 22.6. The fraction of sp³-hybridized carbons (Fsp3) is 0.391. The van der Waals surface area contributed by atoms with Crippen LogP contribution in [-0.2, 0) is 19.1 Å². The second-order valence-electron chi connectivity index (χ2n) is 7.14. The number of ether oxygens (including phenoxy) is 2. The molecule has 160 valence electrons. The van der Waals surface area contributed by atoms with Crippen LogP contribution in [0.25, 0.3) is 0 Å². The molecule has 0 saturated carbocycles. The summed E-state index contributed by atoms with van der Waals surface area (Å²) in [4.78, 5) is 27.5. The number of halogens is 2. The van der Waals surface area contributed by atoms with Gasteiger partial charge in [0, 0.05) is 10.0 Å². The van der Waals surface area contributed by atoms with Crippen LogP contribution in [0.2, 0.25) is 10.0 Å². The molecule has 7 heteroatoms. The Morgan fingerprint density at radius 1 is 1.07 bits per heavy atom. The van der Waals surface area contributed by atoms with Crippen LogP contribution in [0.3, 0.4) is 0 Å². The lowest BCUT2D eigenvalue weighted by Crippen LogP contribution is -2.53. The summed E-state index contributed by atoms with van der Waals surface area (Å²) in [7, 11) is 0. The van der Waals surface area contributed by atoms with Crippen molar-refractivity contribution in [1.82, 2.24) is 4.90 Å². The number of esters is 1. The molecule has 1 amide bonds. The van der Waals surface area contributed by atoms with Crippen molar-refractivity contribution in [2.45, 2.75) is 44.9 Å². The molecule has 1 fully saturated rings. The Hall–Kier alpha value is -2.08. The van der Waals surface area contributed by atoms with Crippen LogP contribution in [0.1, 0.15) is 50.0 Å². The average Bonchev–Trinajstić information content (AvgIpc) is 2.74. The van der Waals surface area contributed by atoms with E-state index in [1.54, 1.807) is 36.1 Å². The highest BCUT2D eigenvalue weighted by molar-refractivity contribution is 6.30. The third-order valence-electron chi connectivity index (χ3n) is 5.13. The number of nitrogens with zero attached hydrogens (tertiary/aromatic N) is 1. The second kappa shape index (κ2) is 10.3. The maximum atomic E-state index is 13.0. The maximum Gasteiger partial charge on any atom is 0.328 e. The molecule has 0 spiro atoms. The highest BCUT2D eigenvalue weighted by Gasteiger charge is 2.44. The predicted octanol–water partition coefficient (Wildman–Crippen LogP) is 5.37. The van der Waals surface area contributed by atoms with Crippen molar-refractivity contribution in [3.63, 3.8) is 0 Å². The number of amides is 1. The van der Waals surface area contributed by atoms with Crippen LogP contribution < -0.4 is 0 Å². The zero-order valence-corrected chi connectivity index (χ0v) is 18.5. The van der Waals surface area contributed by atoms with Gasteiger partial charge in [0.2, 0.25) is 5.91 Å². The molecule has 0 radical (unpaired) electrons. The molecule has 2 aromatic carbocycles. The van der Waals surface area contributed by atoms with Crippen LogP contribution in [0.5, 0.6) is 0 Å². The van der Waals surface area contributed by atoms with Crippen molar-refractivity contribution in [2.24, 2.45) is 0 Å². The Labute approximate surface area is 186 Å². The molecule has 2 aromatic rings. The van der Waals surface area contributed by atoms with E-state index in [2.05, 4.69) is 0 Å². The van der Waals surface area contributed by atoms with Crippen molar-refractivity contribution in [3.8, 4) is 0 Å². The highest BCUT2D eigenvalue weighted by Crippen LogP contribution is 2.42. The number of rotatable bonds is 7. The van der Waals surface area contributed by atoms with Gasteiger partial charge in [-0.3, -0.25) is 4.79 Å². The van der Waals surface area contributed by atoms with Crippen molar-refractivity contribution in [3.05, 3.63) is 69.7 Å². The standard InChI is InChI=1S/C23H25Cl2NO4/c1-3-5-19(23(28)29-4-2)26-20(27)14-30-22(16-8-12-18(25)13-9-16)21(26)15-6-10-17(24)11-7-15/h6-13,19,21-22H,3-5,14H2,1-2H3/t19-,21-,22+/m1/s1. The second-order valence-corrected chi connectivity index (χ2v) is 8.01. The van der Waals surface area contributed by atoms with Gasteiger partial charge in [-0.1, -0.05) is 60.8 Å². The Morgan fingerprint density at radius 2 is 1.63 bits per heavy atom. The summed E-state index contributed by atoms with van der Waals surface area (Å²) < 4.78 is 11.3. The van der Waals surface area contributed by atoms with Crippen LogP contribution in [0.15, 0.2) is 48.5 Å². The minimum Gasteiger partial charge on any atom is -0.464 e. The SMILES string of the molecule is CCC[C@H](C(=O)OCC)N1C(=O)CO[C@@H](c2ccc(Cl)cc2)[C@H]1c1ccc(Cl)cc1.